The van der Waals surface area contributed by atoms with Crippen molar-refractivity contribution in [2.75, 3.05) is 7.05 Å². The molecule has 0 amide bonds. The van der Waals surface area contributed by atoms with Crippen molar-refractivity contribution in [2.45, 2.75) is 40.5 Å². The maximum atomic E-state index is 5.04. The number of benzene rings is 2. The van der Waals surface area contributed by atoms with Gasteiger partial charge in [0, 0.05) is 83.8 Å². The first kappa shape index (κ1) is 23.2. The van der Waals surface area contributed by atoms with Gasteiger partial charge in [-0.3, -0.25) is 9.98 Å². The number of para-hydroxylation sites is 1. The van der Waals surface area contributed by atoms with Gasteiger partial charge in [-0.25, -0.2) is 0 Å². The quantitative estimate of drug-likeness (QED) is 0.306. The van der Waals surface area contributed by atoms with Crippen LogP contribution in [0, 0.1) is 59.3 Å². The van der Waals surface area contributed by atoms with Crippen LogP contribution in [0.5, 0.6) is 0 Å². The maximum Gasteiger partial charge on any atom is 0.0719 e. The molecule has 0 saturated heterocycles. The molecule has 1 atom stereocenters. The monoisotopic (exact) mass is 531 g/mol. The Morgan fingerprint density at radius 1 is 1.00 bits per heavy atom. The standard InChI is InChI=1S/C23H23N2.C2H6.Yb/c1-15-12-17-8-4-5-10-20(17)22-14-18(13-21(15)22)25-23-11-7-6-9-19(23)16(2)24-3;1-2;/h4-12,15H,13-14H2,1-3H3;1-2H3;/q-1;;. The van der Waals surface area contributed by atoms with Crippen LogP contribution in [0.25, 0.3) is 5.57 Å². The van der Waals surface area contributed by atoms with Crippen LogP contribution < -0.4 is 0 Å². The fourth-order valence-corrected chi connectivity index (χ4v) is 3.94. The topological polar surface area (TPSA) is 24.7 Å². The number of rotatable bonds is 2. The summed E-state index contributed by atoms with van der Waals surface area (Å²) in [6.45, 7) is 8.35. The smallest absolute Gasteiger partial charge is 0.0719 e. The second-order valence-electron chi connectivity index (χ2n) is 6.90. The zero-order chi connectivity index (χ0) is 19.4. The SMILES string of the molecule is CC.CN=C(C)c1ccccc1N=C1CC2=C(C1)C(C)[CH-]c1ccccc12.[Yb]. The van der Waals surface area contributed by atoms with E-state index in [-0.39, 0.29) is 46.9 Å². The van der Waals surface area contributed by atoms with Gasteiger partial charge in [-0.2, -0.15) is 18.1 Å². The van der Waals surface area contributed by atoms with Crippen LogP contribution in [-0.4, -0.2) is 18.5 Å². The van der Waals surface area contributed by atoms with Crippen LogP contribution in [0.3, 0.4) is 0 Å². The van der Waals surface area contributed by atoms with Crippen molar-refractivity contribution in [1.82, 2.24) is 0 Å². The summed E-state index contributed by atoms with van der Waals surface area (Å²) in [6.07, 6.45) is 4.33. The van der Waals surface area contributed by atoms with Gasteiger partial charge in [-0.15, -0.1) is 17.7 Å². The van der Waals surface area contributed by atoms with Crippen molar-refractivity contribution in [2.24, 2.45) is 15.9 Å². The average Bonchev–Trinajstić information content (AvgIpc) is 3.14. The van der Waals surface area contributed by atoms with Crippen molar-refractivity contribution in [3.8, 4) is 0 Å². The summed E-state index contributed by atoms with van der Waals surface area (Å²) >= 11 is 0. The van der Waals surface area contributed by atoms with Crippen molar-refractivity contribution >= 4 is 22.7 Å². The molecule has 0 fully saturated rings. The van der Waals surface area contributed by atoms with Crippen LogP contribution in [-0.2, 0) is 0 Å². The molecule has 0 radical (unpaired) electrons. The molecule has 2 aliphatic rings. The van der Waals surface area contributed by atoms with Crippen LogP contribution >= 0.6 is 0 Å². The van der Waals surface area contributed by atoms with Gasteiger partial charge in [-0.05, 0) is 18.9 Å². The summed E-state index contributed by atoms with van der Waals surface area (Å²) in [4.78, 5) is 9.38. The van der Waals surface area contributed by atoms with Gasteiger partial charge < -0.3 is 0 Å². The van der Waals surface area contributed by atoms with Gasteiger partial charge in [0.25, 0.3) is 0 Å². The second kappa shape index (κ2) is 10.6. The van der Waals surface area contributed by atoms with Crippen LogP contribution in [0.15, 0.2) is 64.1 Å². The Bertz CT molecular complexity index is 922. The first-order valence-electron chi connectivity index (χ1n) is 9.92. The number of hydrogen-bond acceptors (Lipinski definition) is 2. The largest absolute Gasteiger partial charge is 0.293 e. The molecule has 2 aromatic carbocycles. The first-order chi connectivity index (χ1) is 13.2. The Morgan fingerprint density at radius 3 is 2.43 bits per heavy atom. The number of fused-ring (bicyclic) bond motifs is 2. The predicted molar refractivity (Wildman–Crippen MR) is 118 cm³/mol. The van der Waals surface area contributed by atoms with Crippen LogP contribution in [0.4, 0.5) is 5.69 Å². The van der Waals surface area contributed by atoms with Crippen LogP contribution in [0.1, 0.15) is 57.2 Å². The van der Waals surface area contributed by atoms with E-state index in [1.807, 2.05) is 27.8 Å². The van der Waals surface area contributed by atoms with Crippen molar-refractivity contribution in [3.63, 3.8) is 0 Å². The summed E-state index contributed by atoms with van der Waals surface area (Å²) in [5.74, 6) is 0.492. The molecule has 2 nitrogen and oxygen atoms in total. The van der Waals surface area contributed by atoms with E-state index in [0.717, 1.165) is 29.8 Å². The Balaban J connectivity index is 0.000000906. The fraction of sp³-hybridized carbons (Fsp3) is 0.320. The summed E-state index contributed by atoms with van der Waals surface area (Å²) in [5.41, 5.74) is 10.2. The molecule has 0 N–H and O–H groups in total. The zero-order valence-electron chi connectivity index (χ0n) is 17.3. The number of hydrogen-bond donors (Lipinski definition) is 0. The minimum Gasteiger partial charge on any atom is -0.293 e. The van der Waals surface area contributed by atoms with E-state index in [2.05, 4.69) is 66.9 Å². The number of aliphatic imine (C=N–C) groups is 2. The molecule has 3 heteroatoms. The normalized spacial score (nSPS) is 19.1. The van der Waals surface area contributed by atoms with E-state index in [4.69, 9.17) is 4.99 Å². The van der Waals surface area contributed by atoms with Crippen LogP contribution in [0.2, 0.25) is 0 Å². The fourth-order valence-electron chi connectivity index (χ4n) is 3.94. The van der Waals surface area contributed by atoms with E-state index in [0.29, 0.717) is 5.92 Å². The van der Waals surface area contributed by atoms with Gasteiger partial charge in [0.2, 0.25) is 0 Å². The first-order valence-corrected chi connectivity index (χ1v) is 9.92. The molecule has 154 valence electrons. The number of nitrogens with zero attached hydrogens (tertiary/aromatic N) is 2. The van der Waals surface area contributed by atoms with Crippen molar-refractivity contribution in [1.29, 1.82) is 0 Å². The van der Waals surface area contributed by atoms with E-state index in [9.17, 15) is 0 Å². The van der Waals surface area contributed by atoms with Gasteiger partial charge in [0.15, 0.2) is 0 Å². The Kier molecular flexibility index (Phi) is 8.80. The Morgan fingerprint density at radius 2 is 1.68 bits per heavy atom. The molecule has 4 rings (SSSR count). The van der Waals surface area contributed by atoms with E-state index < -0.39 is 0 Å². The van der Waals surface area contributed by atoms with Gasteiger partial charge in [0.05, 0.1) is 5.69 Å². The molecule has 0 spiro atoms. The minimum absolute atomic E-state index is 0. The molecule has 0 bridgehead atoms. The molecule has 0 aromatic heterocycles. The maximum absolute atomic E-state index is 5.04. The summed E-state index contributed by atoms with van der Waals surface area (Å²) < 4.78 is 0. The predicted octanol–water partition coefficient (Wildman–Crippen LogP) is 6.67. The number of allylic oxidation sites excluding steroid dienone is 2. The van der Waals surface area contributed by atoms with Gasteiger partial charge >= 0.3 is 0 Å². The third kappa shape index (κ3) is 4.72. The molecular weight excluding hydrogens is 501 g/mol. The van der Waals surface area contributed by atoms with Gasteiger partial charge in [-0.1, -0.05) is 56.2 Å². The summed E-state index contributed by atoms with van der Waals surface area (Å²) in [6, 6.07) is 17.0. The van der Waals surface area contributed by atoms with Crippen molar-refractivity contribution < 1.29 is 46.9 Å². The summed E-state index contributed by atoms with van der Waals surface area (Å²) in [7, 11) is 1.84. The van der Waals surface area contributed by atoms with E-state index in [1.54, 1.807) is 0 Å². The molecule has 2 aliphatic carbocycles. The Labute approximate surface area is 208 Å². The zero-order valence-corrected chi connectivity index (χ0v) is 19.1. The molecule has 0 heterocycles. The minimum atomic E-state index is 0. The third-order valence-corrected chi connectivity index (χ3v) is 5.34. The van der Waals surface area contributed by atoms with Gasteiger partial charge in [0.1, 0.15) is 0 Å². The Hall–Kier alpha value is -1.09. The van der Waals surface area contributed by atoms with E-state index >= 15 is 0 Å². The summed E-state index contributed by atoms with van der Waals surface area (Å²) in [5, 5.41) is 0. The van der Waals surface area contributed by atoms with Crippen molar-refractivity contribution in [3.05, 3.63) is 77.2 Å². The molecule has 2 aromatic rings. The molecule has 1 unspecified atom stereocenters. The average molecular weight is 531 g/mol. The molecule has 28 heavy (non-hydrogen) atoms. The molecular formula is C25H29N2Yb-. The third-order valence-electron chi connectivity index (χ3n) is 5.34. The van der Waals surface area contributed by atoms with E-state index in [1.165, 1.54) is 28.0 Å². The molecule has 0 aliphatic heterocycles. The molecule has 0 saturated carbocycles. The second-order valence-corrected chi connectivity index (χ2v) is 6.90.